The van der Waals surface area contributed by atoms with Gasteiger partial charge in [-0.05, 0) is 90.0 Å². The Hall–Kier alpha value is -4.00. The monoisotopic (exact) mass is 628 g/mol. The van der Waals surface area contributed by atoms with Gasteiger partial charge >= 0.3 is 6.09 Å². The van der Waals surface area contributed by atoms with Gasteiger partial charge in [-0.2, -0.15) is 5.26 Å². The van der Waals surface area contributed by atoms with E-state index in [1.807, 2.05) is 72.7 Å². The lowest BCUT2D eigenvalue weighted by Gasteiger charge is -2.32. The average Bonchev–Trinajstić information content (AvgIpc) is 2.98. The molecule has 10 heteroatoms. The fraction of sp³-hybridized carbons (Fsp3) is 0.600. The Bertz CT molecular complexity index is 1300. The second-order valence-electron chi connectivity index (χ2n) is 12.0. The Morgan fingerprint density at radius 2 is 1.51 bits per heavy atom. The summed E-state index contributed by atoms with van der Waals surface area (Å²) >= 11 is 0. The zero-order valence-electron chi connectivity index (χ0n) is 28.9. The fourth-order valence-corrected chi connectivity index (χ4v) is 5.47. The van der Waals surface area contributed by atoms with Crippen LogP contribution >= 0.6 is 0 Å². The zero-order valence-corrected chi connectivity index (χ0v) is 28.9. The van der Waals surface area contributed by atoms with Crippen molar-refractivity contribution < 1.29 is 38.0 Å². The molecule has 1 unspecified atom stereocenters. The van der Waals surface area contributed by atoms with Crippen LogP contribution in [0, 0.1) is 17.2 Å². The van der Waals surface area contributed by atoms with Gasteiger partial charge in [0.05, 0.1) is 53.1 Å². The molecular weight excluding hydrogens is 576 g/mol. The first-order valence-corrected chi connectivity index (χ1v) is 15.5. The number of rotatable bonds is 17. The lowest BCUT2D eigenvalue weighted by Crippen LogP contribution is -2.40. The summed E-state index contributed by atoms with van der Waals surface area (Å²) in [4.78, 5) is 13.0. The van der Waals surface area contributed by atoms with Crippen LogP contribution in [0.3, 0.4) is 0 Å². The van der Waals surface area contributed by atoms with Crippen molar-refractivity contribution in [3.8, 4) is 40.6 Å². The van der Waals surface area contributed by atoms with Crippen LogP contribution in [0.25, 0.3) is 0 Å². The molecule has 10 nitrogen and oxygen atoms in total. The number of amides is 1. The summed E-state index contributed by atoms with van der Waals surface area (Å²) < 4.78 is 39.9. The lowest BCUT2D eigenvalue weighted by molar-refractivity contribution is 0.0500. The molecule has 0 radical (unpaired) electrons. The highest BCUT2D eigenvalue weighted by Crippen LogP contribution is 2.47. The number of hydrogen-bond donors (Lipinski definition) is 1. The molecule has 2 atom stereocenters. The minimum Gasteiger partial charge on any atom is -0.493 e. The predicted molar refractivity (Wildman–Crippen MR) is 174 cm³/mol. The summed E-state index contributed by atoms with van der Waals surface area (Å²) in [5, 5.41) is 13.6. The molecule has 2 rings (SSSR count). The van der Waals surface area contributed by atoms with Crippen molar-refractivity contribution in [2.45, 2.75) is 91.2 Å². The standard InChI is InChI=1S/C35H52N2O8/c1-12-43-29-20-24(30(44-13-2)32(42-11)31(29)41-10)19-26(37-33(38)45-34(5,6)7)15-14-18-35(22-36,23(3)4)25-16-17-27(39-8)28(21-25)40-9/h16-17,20-21,23,26H,12-15,18-19H2,1-11H3,(H,37,38)/t26-,35?/m0/s1. The molecule has 0 spiro atoms. The first-order chi connectivity index (χ1) is 21.3. The minimum atomic E-state index is -0.794. The van der Waals surface area contributed by atoms with E-state index in [-0.39, 0.29) is 12.0 Å². The van der Waals surface area contributed by atoms with Crippen LogP contribution in [0.2, 0.25) is 0 Å². The third kappa shape index (κ3) is 9.49. The van der Waals surface area contributed by atoms with Crippen LogP contribution in [0.4, 0.5) is 4.79 Å². The van der Waals surface area contributed by atoms with E-state index in [4.69, 9.17) is 33.2 Å². The van der Waals surface area contributed by atoms with E-state index < -0.39 is 17.1 Å². The molecule has 45 heavy (non-hydrogen) atoms. The summed E-state index contributed by atoms with van der Waals surface area (Å²) in [6, 6.07) is 9.76. The Kier molecular flexibility index (Phi) is 14.0. The van der Waals surface area contributed by atoms with Crippen molar-refractivity contribution in [1.82, 2.24) is 5.32 Å². The average molecular weight is 629 g/mol. The van der Waals surface area contributed by atoms with Gasteiger partial charge in [0.25, 0.3) is 0 Å². The van der Waals surface area contributed by atoms with Crippen molar-refractivity contribution in [3.63, 3.8) is 0 Å². The molecule has 0 aromatic heterocycles. The number of alkyl carbamates (subject to hydrolysis) is 1. The number of carbonyl (C=O) groups is 1. The van der Waals surface area contributed by atoms with E-state index in [0.717, 1.165) is 11.1 Å². The smallest absolute Gasteiger partial charge is 0.407 e. The fourth-order valence-electron chi connectivity index (χ4n) is 5.47. The molecule has 250 valence electrons. The number of nitriles is 1. The maximum atomic E-state index is 13.0. The molecule has 0 aliphatic heterocycles. The quantitative estimate of drug-likeness (QED) is 0.193. The highest BCUT2D eigenvalue weighted by Gasteiger charge is 2.37. The largest absolute Gasteiger partial charge is 0.493 e. The molecule has 0 bridgehead atoms. The second kappa shape index (κ2) is 16.9. The van der Waals surface area contributed by atoms with Gasteiger partial charge in [0.1, 0.15) is 5.60 Å². The van der Waals surface area contributed by atoms with Crippen LogP contribution < -0.4 is 33.7 Å². The van der Waals surface area contributed by atoms with E-state index in [0.29, 0.717) is 73.4 Å². The number of nitrogens with one attached hydrogen (secondary N) is 1. The Labute approximate surface area is 269 Å². The molecule has 0 aliphatic rings. The molecule has 0 fully saturated rings. The molecule has 0 aliphatic carbocycles. The summed E-state index contributed by atoms with van der Waals surface area (Å²) in [6.45, 7) is 14.2. The normalized spacial score (nSPS) is 13.2. The maximum Gasteiger partial charge on any atom is 0.407 e. The number of ether oxygens (including phenoxy) is 7. The molecule has 2 aromatic rings. The van der Waals surface area contributed by atoms with Gasteiger partial charge in [-0.15, -0.1) is 0 Å². The SMILES string of the molecule is CCOc1cc(C[C@H](CCCC(C#N)(c2ccc(OC)c(OC)c2)C(C)C)NC(=O)OC(C)(C)C)c(OCC)c(OC)c1OC. The van der Waals surface area contributed by atoms with Crippen LogP contribution in [0.1, 0.15) is 78.9 Å². The number of carbonyl (C=O) groups excluding carboxylic acids is 1. The second-order valence-corrected chi connectivity index (χ2v) is 12.0. The number of nitrogens with zero attached hydrogens (tertiary/aromatic N) is 1. The van der Waals surface area contributed by atoms with E-state index in [2.05, 4.69) is 11.4 Å². The van der Waals surface area contributed by atoms with Gasteiger partial charge in [-0.1, -0.05) is 19.9 Å². The van der Waals surface area contributed by atoms with Crippen LogP contribution in [-0.2, 0) is 16.6 Å². The maximum absolute atomic E-state index is 13.0. The summed E-state index contributed by atoms with van der Waals surface area (Å²) in [7, 11) is 6.27. The zero-order chi connectivity index (χ0) is 33.8. The van der Waals surface area contributed by atoms with Crippen molar-refractivity contribution in [2.24, 2.45) is 5.92 Å². The highest BCUT2D eigenvalue weighted by molar-refractivity contribution is 5.68. The number of methoxy groups -OCH3 is 4. The molecule has 2 aromatic carbocycles. The molecular formula is C35H52N2O8. The summed E-state index contributed by atoms with van der Waals surface area (Å²) in [5.74, 6) is 3.08. The van der Waals surface area contributed by atoms with Gasteiger partial charge in [0.2, 0.25) is 11.5 Å². The third-order valence-corrected chi connectivity index (χ3v) is 7.62. The minimum absolute atomic E-state index is 0.00187. The first-order valence-electron chi connectivity index (χ1n) is 15.5. The molecule has 0 heterocycles. The molecule has 1 amide bonds. The van der Waals surface area contributed by atoms with Gasteiger partial charge in [-0.25, -0.2) is 4.79 Å². The summed E-state index contributed by atoms with van der Waals surface area (Å²) in [5.41, 5.74) is 0.179. The highest BCUT2D eigenvalue weighted by atomic mass is 16.6. The van der Waals surface area contributed by atoms with E-state index in [9.17, 15) is 10.1 Å². The number of benzene rings is 2. The Balaban J connectivity index is 2.51. The Morgan fingerprint density at radius 1 is 0.867 bits per heavy atom. The van der Waals surface area contributed by atoms with Gasteiger partial charge < -0.3 is 38.5 Å². The van der Waals surface area contributed by atoms with Crippen molar-refractivity contribution >= 4 is 6.09 Å². The van der Waals surface area contributed by atoms with E-state index >= 15 is 0 Å². The van der Waals surface area contributed by atoms with Gasteiger partial charge in [0.15, 0.2) is 23.0 Å². The van der Waals surface area contributed by atoms with E-state index in [1.54, 1.807) is 28.4 Å². The molecule has 0 saturated carbocycles. The van der Waals surface area contributed by atoms with Crippen LogP contribution in [-0.4, -0.2) is 59.4 Å². The van der Waals surface area contributed by atoms with Gasteiger partial charge in [0, 0.05) is 11.6 Å². The third-order valence-electron chi connectivity index (χ3n) is 7.62. The van der Waals surface area contributed by atoms with Crippen molar-refractivity contribution in [3.05, 3.63) is 35.4 Å². The molecule has 1 N–H and O–H groups in total. The summed E-state index contributed by atoms with van der Waals surface area (Å²) in [6.07, 6.45) is 1.62. The van der Waals surface area contributed by atoms with Crippen LogP contribution in [0.5, 0.6) is 34.5 Å². The Morgan fingerprint density at radius 3 is 2.02 bits per heavy atom. The van der Waals surface area contributed by atoms with Crippen molar-refractivity contribution in [2.75, 3.05) is 41.7 Å². The van der Waals surface area contributed by atoms with Gasteiger partial charge in [-0.3, -0.25) is 0 Å². The molecule has 0 saturated heterocycles. The predicted octanol–water partition coefficient (Wildman–Crippen LogP) is 7.24. The van der Waals surface area contributed by atoms with Crippen molar-refractivity contribution in [1.29, 1.82) is 5.26 Å². The number of hydrogen-bond acceptors (Lipinski definition) is 9. The first kappa shape index (κ1) is 37.2. The van der Waals surface area contributed by atoms with Crippen LogP contribution in [0.15, 0.2) is 24.3 Å². The lowest BCUT2D eigenvalue weighted by atomic mass is 9.69. The van der Waals surface area contributed by atoms with E-state index in [1.165, 1.54) is 0 Å². The topological polar surface area (TPSA) is 118 Å².